The van der Waals surface area contributed by atoms with Crippen molar-refractivity contribution in [3.05, 3.63) is 66.6 Å². The lowest BCUT2D eigenvalue weighted by Crippen LogP contribution is -1.99. The van der Waals surface area contributed by atoms with Crippen molar-refractivity contribution in [1.82, 2.24) is 15.2 Å². The molecule has 2 heterocycles. The van der Waals surface area contributed by atoms with E-state index in [4.69, 9.17) is 4.42 Å². The Bertz CT molecular complexity index is 774. The zero-order valence-electron chi connectivity index (χ0n) is 10.9. The summed E-state index contributed by atoms with van der Waals surface area (Å²) >= 11 is 0. The molecule has 0 saturated heterocycles. The van der Waals surface area contributed by atoms with E-state index in [0.717, 1.165) is 11.6 Å². The van der Waals surface area contributed by atoms with Gasteiger partial charge in [-0.3, -0.25) is 9.89 Å². The van der Waals surface area contributed by atoms with E-state index in [-0.39, 0.29) is 11.6 Å². The van der Waals surface area contributed by atoms with Gasteiger partial charge in [0, 0.05) is 11.6 Å². The Hall–Kier alpha value is -3.15. The molecule has 0 aliphatic rings. The van der Waals surface area contributed by atoms with Gasteiger partial charge in [-0.15, -0.1) is 0 Å². The highest BCUT2D eigenvalue weighted by atomic mass is 16.3. The van der Waals surface area contributed by atoms with Crippen molar-refractivity contribution in [2.75, 3.05) is 0 Å². The van der Waals surface area contributed by atoms with Crippen LogP contribution >= 0.6 is 0 Å². The van der Waals surface area contributed by atoms with Crippen molar-refractivity contribution in [2.24, 2.45) is 0 Å². The van der Waals surface area contributed by atoms with Crippen molar-refractivity contribution < 1.29 is 14.3 Å². The van der Waals surface area contributed by atoms with E-state index < -0.39 is 5.78 Å². The van der Waals surface area contributed by atoms with Crippen molar-refractivity contribution in [2.45, 2.75) is 0 Å². The van der Waals surface area contributed by atoms with Gasteiger partial charge in [0.05, 0.1) is 11.8 Å². The fourth-order valence-electron chi connectivity index (χ4n) is 1.93. The van der Waals surface area contributed by atoms with Crippen LogP contribution in [0.4, 0.5) is 0 Å². The van der Waals surface area contributed by atoms with Gasteiger partial charge in [0.15, 0.2) is 5.82 Å². The van der Waals surface area contributed by atoms with Crippen LogP contribution in [0.5, 0.6) is 0 Å². The van der Waals surface area contributed by atoms with Gasteiger partial charge in [-0.1, -0.05) is 30.3 Å². The summed E-state index contributed by atoms with van der Waals surface area (Å²) in [6, 6.07) is 9.44. The minimum Gasteiger partial charge on any atom is -0.507 e. The first-order valence-corrected chi connectivity index (χ1v) is 6.18. The van der Waals surface area contributed by atoms with Crippen molar-refractivity contribution in [3.63, 3.8) is 0 Å². The van der Waals surface area contributed by atoms with Gasteiger partial charge in [0.2, 0.25) is 5.78 Å². The van der Waals surface area contributed by atoms with Crippen LogP contribution in [0, 0.1) is 0 Å². The molecule has 0 aliphatic heterocycles. The number of benzene rings is 1. The fourth-order valence-corrected chi connectivity index (χ4v) is 1.93. The van der Waals surface area contributed by atoms with E-state index in [0.29, 0.717) is 11.1 Å². The van der Waals surface area contributed by atoms with Crippen LogP contribution in [0.3, 0.4) is 0 Å². The number of nitrogens with zero attached hydrogens (tertiary/aromatic N) is 2. The summed E-state index contributed by atoms with van der Waals surface area (Å²) in [5.74, 6) is -0.597. The van der Waals surface area contributed by atoms with Crippen LogP contribution in [0.2, 0.25) is 0 Å². The fraction of sp³-hybridized carbons (Fsp3) is 0. The predicted octanol–water partition coefficient (Wildman–Crippen LogP) is 2.85. The summed E-state index contributed by atoms with van der Waals surface area (Å²) in [5, 5.41) is 16.2. The Balaban J connectivity index is 1.95. The molecule has 0 fully saturated rings. The number of hydrogen-bond acceptors (Lipinski definition) is 5. The lowest BCUT2D eigenvalue weighted by atomic mass is 10.0. The maximum absolute atomic E-state index is 11.9. The molecular formula is C15H11N3O3. The molecule has 0 radical (unpaired) electrons. The number of carbonyl (C=O) groups is 1. The third kappa shape index (κ3) is 2.59. The smallest absolute Gasteiger partial charge is 0.226 e. The summed E-state index contributed by atoms with van der Waals surface area (Å²) in [6.07, 6.45) is 5.22. The first-order chi connectivity index (χ1) is 10.3. The second-order valence-corrected chi connectivity index (χ2v) is 4.29. The van der Waals surface area contributed by atoms with Gasteiger partial charge >= 0.3 is 0 Å². The molecule has 6 heteroatoms. The van der Waals surface area contributed by atoms with Gasteiger partial charge in [0.25, 0.3) is 0 Å². The molecule has 0 aliphatic carbocycles. The number of aliphatic hydroxyl groups excluding tert-OH is 1. The van der Waals surface area contributed by atoms with Crippen LogP contribution in [-0.4, -0.2) is 26.1 Å². The summed E-state index contributed by atoms with van der Waals surface area (Å²) in [4.78, 5) is 15.6. The number of aromatic amines is 1. The number of carbonyl (C=O) groups excluding carboxylic acids is 1. The summed E-state index contributed by atoms with van der Waals surface area (Å²) in [5.41, 5.74) is 2.03. The van der Waals surface area contributed by atoms with Gasteiger partial charge in [-0.25, -0.2) is 4.98 Å². The monoisotopic (exact) mass is 281 g/mol. The molecule has 6 nitrogen and oxygen atoms in total. The van der Waals surface area contributed by atoms with Crippen LogP contribution < -0.4 is 0 Å². The molecule has 2 N–H and O–H groups in total. The molecule has 0 bridgehead atoms. The van der Waals surface area contributed by atoms with Crippen LogP contribution in [-0.2, 0) is 0 Å². The van der Waals surface area contributed by atoms with E-state index in [1.807, 2.05) is 30.3 Å². The molecule has 3 aromatic rings. The number of aliphatic hydroxyl groups is 1. The maximum Gasteiger partial charge on any atom is 0.226 e. The maximum atomic E-state index is 11.9. The number of furan rings is 1. The van der Waals surface area contributed by atoms with E-state index in [1.54, 1.807) is 0 Å². The molecule has 0 amide bonds. The highest BCUT2D eigenvalue weighted by molar-refractivity contribution is 6.05. The third-order valence-corrected chi connectivity index (χ3v) is 2.94. The molecule has 0 atom stereocenters. The molecule has 0 saturated carbocycles. The zero-order chi connectivity index (χ0) is 14.7. The first kappa shape index (κ1) is 12.9. The van der Waals surface area contributed by atoms with E-state index in [2.05, 4.69) is 15.2 Å². The standard InChI is InChI=1S/C15H11N3O3/c19-13(6-14(20)15-16-9-17-18-15)12-8-21-7-11(12)10-4-2-1-3-5-10/h1-9,19H,(H,16,17,18). The largest absolute Gasteiger partial charge is 0.507 e. The molecule has 3 rings (SSSR count). The SMILES string of the molecule is O=C(C=C(O)c1cocc1-c1ccccc1)c1ncn[nH]1. The molecule has 104 valence electrons. The molecule has 0 spiro atoms. The Morgan fingerprint density at radius 2 is 2.05 bits per heavy atom. The Morgan fingerprint density at radius 1 is 1.24 bits per heavy atom. The molecule has 0 unspecified atom stereocenters. The lowest BCUT2D eigenvalue weighted by Gasteiger charge is -2.01. The number of hydrogen-bond donors (Lipinski definition) is 2. The number of allylic oxidation sites excluding steroid dienone is 1. The van der Waals surface area contributed by atoms with Gasteiger partial charge in [0.1, 0.15) is 18.3 Å². The topological polar surface area (TPSA) is 92.0 Å². The Kier molecular flexibility index (Phi) is 3.34. The summed E-state index contributed by atoms with van der Waals surface area (Å²) in [7, 11) is 0. The predicted molar refractivity (Wildman–Crippen MR) is 75.5 cm³/mol. The molecule has 1 aromatic carbocycles. The average Bonchev–Trinajstić information content (AvgIpc) is 3.19. The van der Waals surface area contributed by atoms with Gasteiger partial charge < -0.3 is 9.52 Å². The van der Waals surface area contributed by atoms with Gasteiger partial charge in [-0.05, 0) is 5.56 Å². The van der Waals surface area contributed by atoms with Crippen LogP contribution in [0.1, 0.15) is 16.2 Å². The highest BCUT2D eigenvalue weighted by Crippen LogP contribution is 2.28. The van der Waals surface area contributed by atoms with Crippen LogP contribution in [0.15, 0.2) is 59.7 Å². The minimum absolute atomic E-state index is 0.0614. The van der Waals surface area contributed by atoms with Crippen molar-refractivity contribution in [1.29, 1.82) is 0 Å². The lowest BCUT2D eigenvalue weighted by molar-refractivity contribution is 0.103. The third-order valence-electron chi connectivity index (χ3n) is 2.94. The van der Waals surface area contributed by atoms with E-state index in [1.165, 1.54) is 18.9 Å². The van der Waals surface area contributed by atoms with E-state index in [9.17, 15) is 9.90 Å². The minimum atomic E-state index is -0.467. The summed E-state index contributed by atoms with van der Waals surface area (Å²) in [6.45, 7) is 0. The number of rotatable bonds is 4. The number of aromatic nitrogens is 3. The van der Waals surface area contributed by atoms with E-state index >= 15 is 0 Å². The van der Waals surface area contributed by atoms with Crippen LogP contribution in [0.25, 0.3) is 16.9 Å². The number of H-pyrrole nitrogens is 1. The second-order valence-electron chi connectivity index (χ2n) is 4.29. The van der Waals surface area contributed by atoms with Gasteiger partial charge in [-0.2, -0.15) is 5.10 Å². The Morgan fingerprint density at radius 3 is 2.76 bits per heavy atom. The number of nitrogens with one attached hydrogen (secondary N) is 1. The number of ketones is 1. The molecule has 2 aromatic heterocycles. The summed E-state index contributed by atoms with van der Waals surface area (Å²) < 4.78 is 5.15. The molecular weight excluding hydrogens is 270 g/mol. The van der Waals surface area contributed by atoms with Crippen molar-refractivity contribution in [3.8, 4) is 11.1 Å². The normalized spacial score (nSPS) is 11.5. The first-order valence-electron chi connectivity index (χ1n) is 6.18. The molecule has 21 heavy (non-hydrogen) atoms. The zero-order valence-corrected chi connectivity index (χ0v) is 10.9. The average molecular weight is 281 g/mol. The second kappa shape index (κ2) is 5.46. The quantitative estimate of drug-likeness (QED) is 0.436. The van der Waals surface area contributed by atoms with Crippen molar-refractivity contribution >= 4 is 11.5 Å². The Labute approximate surface area is 119 Å². The highest BCUT2D eigenvalue weighted by Gasteiger charge is 2.14.